The zero-order valence-corrected chi connectivity index (χ0v) is 14.3. The standard InChI is InChI=1S/C15H19ClFNO3S/c1-9(2)22(20,21)10(3)15(19)18-6-4-5-11-7-12(16)8-13(17)14(11)18/h7-10H,4-6H2,1-3H3. The minimum atomic E-state index is -3.59. The van der Waals surface area contributed by atoms with E-state index < -0.39 is 32.1 Å². The molecule has 0 spiro atoms. The number of nitrogens with zero attached hydrogens (tertiary/aromatic N) is 1. The molecule has 122 valence electrons. The first-order chi connectivity index (χ1) is 10.2. The number of anilines is 1. The molecule has 4 nitrogen and oxygen atoms in total. The second-order valence-electron chi connectivity index (χ2n) is 5.77. The molecule has 22 heavy (non-hydrogen) atoms. The first-order valence-corrected chi connectivity index (χ1v) is 9.17. The Morgan fingerprint density at radius 1 is 1.32 bits per heavy atom. The Morgan fingerprint density at radius 2 is 1.95 bits per heavy atom. The van der Waals surface area contributed by atoms with Gasteiger partial charge >= 0.3 is 0 Å². The minimum absolute atomic E-state index is 0.159. The van der Waals surface area contributed by atoms with Crippen molar-refractivity contribution in [3.05, 3.63) is 28.5 Å². The maximum Gasteiger partial charge on any atom is 0.245 e. The Kier molecular flexibility index (Phi) is 4.82. The average Bonchev–Trinajstić information content (AvgIpc) is 2.44. The molecule has 2 rings (SSSR count). The van der Waals surface area contributed by atoms with E-state index in [-0.39, 0.29) is 10.7 Å². The molecule has 0 fully saturated rings. The summed E-state index contributed by atoms with van der Waals surface area (Å²) in [6.07, 6.45) is 1.26. The van der Waals surface area contributed by atoms with Crippen molar-refractivity contribution in [1.29, 1.82) is 0 Å². The van der Waals surface area contributed by atoms with Crippen LogP contribution in [0, 0.1) is 5.82 Å². The molecule has 0 bridgehead atoms. The molecule has 7 heteroatoms. The van der Waals surface area contributed by atoms with E-state index in [0.29, 0.717) is 24.9 Å². The predicted molar refractivity (Wildman–Crippen MR) is 85.6 cm³/mol. The van der Waals surface area contributed by atoms with Gasteiger partial charge in [0.15, 0.2) is 9.84 Å². The number of hydrogen-bond donors (Lipinski definition) is 0. The zero-order valence-electron chi connectivity index (χ0n) is 12.8. The summed E-state index contributed by atoms with van der Waals surface area (Å²) in [5.74, 6) is -1.18. The van der Waals surface area contributed by atoms with Crippen LogP contribution in [-0.2, 0) is 21.1 Å². The lowest BCUT2D eigenvalue weighted by molar-refractivity contribution is -0.118. The molecule has 1 heterocycles. The van der Waals surface area contributed by atoms with Crippen molar-refractivity contribution in [2.24, 2.45) is 0 Å². The highest BCUT2D eigenvalue weighted by Gasteiger charge is 2.36. The minimum Gasteiger partial charge on any atom is -0.308 e. The summed E-state index contributed by atoms with van der Waals surface area (Å²) in [4.78, 5) is 13.8. The van der Waals surface area contributed by atoms with Crippen LogP contribution in [0.3, 0.4) is 0 Å². The fraction of sp³-hybridized carbons (Fsp3) is 0.533. The third-order valence-corrected chi connectivity index (χ3v) is 6.69. The van der Waals surface area contributed by atoms with Gasteiger partial charge in [0, 0.05) is 11.6 Å². The van der Waals surface area contributed by atoms with Crippen LogP contribution in [0.15, 0.2) is 12.1 Å². The smallest absolute Gasteiger partial charge is 0.245 e. The number of aryl methyl sites for hydroxylation is 1. The van der Waals surface area contributed by atoms with Gasteiger partial charge in [-0.2, -0.15) is 0 Å². The second kappa shape index (κ2) is 6.16. The lowest BCUT2D eigenvalue weighted by Crippen LogP contribution is -2.46. The number of amides is 1. The molecule has 1 atom stereocenters. The predicted octanol–water partition coefficient (Wildman–Crippen LogP) is 2.97. The van der Waals surface area contributed by atoms with E-state index in [1.165, 1.54) is 25.7 Å². The average molecular weight is 348 g/mol. The quantitative estimate of drug-likeness (QED) is 0.844. The highest BCUT2D eigenvalue weighted by atomic mass is 35.5. The van der Waals surface area contributed by atoms with Crippen molar-refractivity contribution in [2.75, 3.05) is 11.4 Å². The van der Waals surface area contributed by atoms with Crippen molar-refractivity contribution < 1.29 is 17.6 Å². The van der Waals surface area contributed by atoms with Crippen LogP contribution in [0.1, 0.15) is 32.8 Å². The van der Waals surface area contributed by atoms with E-state index in [0.717, 1.165) is 6.07 Å². The Balaban J connectivity index is 2.43. The molecule has 0 N–H and O–H groups in total. The normalized spacial score (nSPS) is 16.5. The number of benzene rings is 1. The van der Waals surface area contributed by atoms with E-state index in [1.807, 2.05) is 0 Å². The fourth-order valence-electron chi connectivity index (χ4n) is 2.64. The van der Waals surface area contributed by atoms with Crippen molar-refractivity contribution >= 4 is 33.0 Å². The molecule has 1 aromatic carbocycles. The summed E-state index contributed by atoms with van der Waals surface area (Å²) >= 11 is 5.85. The number of carbonyl (C=O) groups excluding carboxylic acids is 1. The summed E-state index contributed by atoms with van der Waals surface area (Å²) in [5.41, 5.74) is 0.796. The summed E-state index contributed by atoms with van der Waals surface area (Å²) in [6.45, 7) is 4.73. The Bertz CT molecular complexity index is 703. The van der Waals surface area contributed by atoms with E-state index in [1.54, 1.807) is 6.07 Å². The van der Waals surface area contributed by atoms with E-state index in [9.17, 15) is 17.6 Å². The lowest BCUT2D eigenvalue weighted by atomic mass is 10.0. The zero-order chi connectivity index (χ0) is 16.7. The topological polar surface area (TPSA) is 54.5 Å². The van der Waals surface area contributed by atoms with Crippen molar-refractivity contribution in [3.8, 4) is 0 Å². The maximum absolute atomic E-state index is 14.2. The van der Waals surface area contributed by atoms with Gasteiger partial charge in [-0.05, 0) is 51.3 Å². The van der Waals surface area contributed by atoms with Crippen LogP contribution in [0.4, 0.5) is 10.1 Å². The molecule has 0 saturated heterocycles. The Hall–Kier alpha value is -1.14. The van der Waals surface area contributed by atoms with Crippen molar-refractivity contribution in [2.45, 2.75) is 44.1 Å². The molecule has 1 aromatic rings. The van der Waals surface area contributed by atoms with Gasteiger partial charge in [-0.25, -0.2) is 12.8 Å². The van der Waals surface area contributed by atoms with Gasteiger partial charge in [-0.15, -0.1) is 0 Å². The van der Waals surface area contributed by atoms with Gasteiger partial charge in [0.2, 0.25) is 5.91 Å². The Labute approximate surface area is 135 Å². The molecular formula is C15H19ClFNO3S. The third kappa shape index (κ3) is 2.99. The van der Waals surface area contributed by atoms with Gasteiger partial charge in [-0.3, -0.25) is 4.79 Å². The molecule has 0 saturated carbocycles. The highest BCUT2D eigenvalue weighted by molar-refractivity contribution is 7.93. The summed E-state index contributed by atoms with van der Waals surface area (Å²) in [6, 6.07) is 2.77. The van der Waals surface area contributed by atoms with E-state index >= 15 is 0 Å². The molecule has 0 radical (unpaired) electrons. The number of rotatable bonds is 3. The lowest BCUT2D eigenvalue weighted by Gasteiger charge is -2.32. The van der Waals surface area contributed by atoms with Gasteiger partial charge in [0.1, 0.15) is 11.1 Å². The third-order valence-electron chi connectivity index (χ3n) is 3.97. The van der Waals surface area contributed by atoms with Crippen LogP contribution in [-0.4, -0.2) is 31.4 Å². The largest absolute Gasteiger partial charge is 0.308 e. The molecule has 1 aliphatic heterocycles. The molecule has 1 unspecified atom stereocenters. The number of sulfone groups is 1. The monoisotopic (exact) mass is 347 g/mol. The first kappa shape index (κ1) is 17.2. The summed E-state index contributed by atoms with van der Waals surface area (Å²) in [7, 11) is -3.59. The number of hydrogen-bond acceptors (Lipinski definition) is 3. The maximum atomic E-state index is 14.2. The molecule has 1 aliphatic rings. The van der Waals surface area contributed by atoms with Crippen molar-refractivity contribution in [1.82, 2.24) is 0 Å². The van der Waals surface area contributed by atoms with E-state index in [4.69, 9.17) is 11.6 Å². The number of carbonyl (C=O) groups is 1. The fourth-order valence-corrected chi connectivity index (χ4v) is 4.09. The molecule has 0 aliphatic carbocycles. The second-order valence-corrected chi connectivity index (χ2v) is 9.03. The van der Waals surface area contributed by atoms with Gasteiger partial charge in [0.05, 0.1) is 10.9 Å². The highest BCUT2D eigenvalue weighted by Crippen LogP contribution is 2.33. The summed E-state index contributed by atoms with van der Waals surface area (Å²) < 4.78 is 38.6. The summed E-state index contributed by atoms with van der Waals surface area (Å²) in [5, 5.41) is -1.59. The molecule has 1 amide bonds. The van der Waals surface area contributed by atoms with Crippen LogP contribution < -0.4 is 4.90 Å². The molecule has 0 aromatic heterocycles. The van der Waals surface area contributed by atoms with Gasteiger partial charge < -0.3 is 4.90 Å². The number of fused-ring (bicyclic) bond motifs is 1. The van der Waals surface area contributed by atoms with Crippen LogP contribution in [0.2, 0.25) is 5.02 Å². The van der Waals surface area contributed by atoms with E-state index in [2.05, 4.69) is 0 Å². The van der Waals surface area contributed by atoms with Gasteiger partial charge in [-0.1, -0.05) is 11.6 Å². The Morgan fingerprint density at radius 3 is 2.55 bits per heavy atom. The van der Waals surface area contributed by atoms with Crippen molar-refractivity contribution in [3.63, 3.8) is 0 Å². The van der Waals surface area contributed by atoms with Crippen LogP contribution in [0.5, 0.6) is 0 Å². The SMILES string of the molecule is CC(C)S(=O)(=O)C(C)C(=O)N1CCCc2cc(Cl)cc(F)c21. The van der Waals surface area contributed by atoms with Gasteiger partial charge in [0.25, 0.3) is 0 Å². The molecular weight excluding hydrogens is 329 g/mol. The van der Waals surface area contributed by atoms with Crippen LogP contribution in [0.25, 0.3) is 0 Å². The number of halogens is 2. The first-order valence-electron chi connectivity index (χ1n) is 7.18. The van der Waals surface area contributed by atoms with Crippen LogP contribution >= 0.6 is 11.6 Å².